The van der Waals surface area contributed by atoms with E-state index in [1.807, 2.05) is 55.6 Å². The molecule has 0 bridgehead atoms. The van der Waals surface area contributed by atoms with Crippen molar-refractivity contribution in [3.8, 4) is 5.75 Å². The van der Waals surface area contributed by atoms with Crippen LogP contribution in [0.15, 0.2) is 58.2 Å². The minimum atomic E-state index is -0.132. The lowest BCUT2D eigenvalue weighted by molar-refractivity contribution is -0.121. The Morgan fingerprint density at radius 2 is 2.15 bits per heavy atom. The number of hydrogen-bond donors (Lipinski definition) is 2. The number of nitrogens with one attached hydrogen (secondary N) is 2. The van der Waals surface area contributed by atoms with Gasteiger partial charge in [-0.15, -0.1) is 0 Å². The van der Waals surface area contributed by atoms with Gasteiger partial charge in [-0.3, -0.25) is 4.79 Å². The highest BCUT2D eigenvalue weighted by atomic mass is 79.9. The van der Waals surface area contributed by atoms with Crippen LogP contribution >= 0.6 is 15.9 Å². The zero-order valence-corrected chi connectivity index (χ0v) is 16.0. The van der Waals surface area contributed by atoms with Crippen molar-refractivity contribution in [2.45, 2.75) is 19.8 Å². The van der Waals surface area contributed by atoms with Gasteiger partial charge in [0.25, 0.3) is 0 Å². The SMILES string of the molecule is Cc1ccc(OCCCC(=O)N/N=C/c2c[nH]c3ccccc23)c(Br)c1. The third kappa shape index (κ3) is 4.73. The molecule has 0 aliphatic rings. The minimum Gasteiger partial charge on any atom is -0.492 e. The molecule has 0 fully saturated rings. The van der Waals surface area contributed by atoms with E-state index >= 15 is 0 Å². The Hall–Kier alpha value is -2.60. The summed E-state index contributed by atoms with van der Waals surface area (Å²) in [7, 11) is 0. The van der Waals surface area contributed by atoms with Gasteiger partial charge in [-0.25, -0.2) is 5.43 Å². The van der Waals surface area contributed by atoms with Gasteiger partial charge in [0.1, 0.15) is 5.75 Å². The second-order valence-corrected chi connectivity index (χ2v) is 6.82. The molecule has 6 heteroatoms. The van der Waals surface area contributed by atoms with Crippen LogP contribution < -0.4 is 10.2 Å². The number of nitrogens with zero attached hydrogens (tertiary/aromatic N) is 1. The first-order valence-corrected chi connectivity index (χ1v) is 9.20. The Labute approximate surface area is 160 Å². The number of aromatic nitrogens is 1. The number of aromatic amines is 1. The maximum atomic E-state index is 11.9. The molecule has 0 radical (unpaired) electrons. The van der Waals surface area contributed by atoms with E-state index in [4.69, 9.17) is 4.74 Å². The monoisotopic (exact) mass is 413 g/mol. The zero-order valence-electron chi connectivity index (χ0n) is 14.5. The van der Waals surface area contributed by atoms with E-state index in [0.29, 0.717) is 19.4 Å². The molecule has 3 aromatic rings. The summed E-state index contributed by atoms with van der Waals surface area (Å²) in [6.07, 6.45) is 4.49. The maximum Gasteiger partial charge on any atom is 0.240 e. The lowest BCUT2D eigenvalue weighted by Crippen LogP contribution is -2.18. The first kappa shape index (κ1) is 18.2. The molecule has 1 amide bonds. The summed E-state index contributed by atoms with van der Waals surface area (Å²) in [5.41, 5.74) is 5.70. The van der Waals surface area contributed by atoms with Crippen molar-refractivity contribution >= 4 is 39.0 Å². The van der Waals surface area contributed by atoms with Gasteiger partial charge in [0.2, 0.25) is 5.91 Å². The zero-order chi connectivity index (χ0) is 18.4. The average Bonchev–Trinajstić information content (AvgIpc) is 3.03. The van der Waals surface area contributed by atoms with Crippen molar-refractivity contribution < 1.29 is 9.53 Å². The van der Waals surface area contributed by atoms with Crippen molar-refractivity contribution in [2.24, 2.45) is 5.10 Å². The van der Waals surface area contributed by atoms with Gasteiger partial charge in [-0.05, 0) is 53.0 Å². The van der Waals surface area contributed by atoms with E-state index in [0.717, 1.165) is 32.3 Å². The number of halogens is 1. The van der Waals surface area contributed by atoms with Crippen LogP contribution in [0, 0.1) is 6.92 Å². The second kappa shape index (κ2) is 8.67. The summed E-state index contributed by atoms with van der Waals surface area (Å²) in [5, 5.41) is 5.10. The van der Waals surface area contributed by atoms with Crippen LogP contribution in [0.3, 0.4) is 0 Å². The van der Waals surface area contributed by atoms with Crippen LogP contribution in [0.25, 0.3) is 10.9 Å². The van der Waals surface area contributed by atoms with Crippen molar-refractivity contribution in [2.75, 3.05) is 6.61 Å². The highest BCUT2D eigenvalue weighted by Crippen LogP contribution is 2.25. The lowest BCUT2D eigenvalue weighted by Gasteiger charge is -2.08. The van der Waals surface area contributed by atoms with Crippen LogP contribution in [0.2, 0.25) is 0 Å². The van der Waals surface area contributed by atoms with Gasteiger partial charge < -0.3 is 9.72 Å². The van der Waals surface area contributed by atoms with E-state index in [1.54, 1.807) is 6.21 Å². The number of hydrogen-bond acceptors (Lipinski definition) is 3. The predicted octanol–water partition coefficient (Wildman–Crippen LogP) is 4.55. The standard InChI is InChI=1S/C20H20BrN3O2/c1-14-8-9-19(17(21)11-14)26-10-4-7-20(25)24-23-13-15-12-22-18-6-3-2-5-16(15)18/h2-3,5-6,8-9,11-13,22H,4,7,10H2,1H3,(H,24,25)/b23-13+. The minimum absolute atomic E-state index is 0.132. The molecular formula is C20H20BrN3O2. The molecular weight excluding hydrogens is 394 g/mol. The number of hydrazone groups is 1. The summed E-state index contributed by atoms with van der Waals surface area (Å²) < 4.78 is 6.61. The normalized spacial score (nSPS) is 11.2. The van der Waals surface area contributed by atoms with Gasteiger partial charge in [-0.1, -0.05) is 24.3 Å². The Morgan fingerprint density at radius 3 is 3.00 bits per heavy atom. The third-order valence-corrected chi connectivity index (χ3v) is 4.53. The number of carbonyl (C=O) groups excluding carboxylic acids is 1. The fraction of sp³-hybridized carbons (Fsp3) is 0.200. The first-order valence-electron chi connectivity index (χ1n) is 8.40. The smallest absolute Gasteiger partial charge is 0.240 e. The van der Waals surface area contributed by atoms with E-state index in [2.05, 4.69) is 31.4 Å². The second-order valence-electron chi connectivity index (χ2n) is 5.97. The molecule has 0 atom stereocenters. The molecule has 0 aliphatic carbocycles. The molecule has 2 N–H and O–H groups in total. The topological polar surface area (TPSA) is 66.5 Å². The lowest BCUT2D eigenvalue weighted by atomic mass is 10.2. The van der Waals surface area contributed by atoms with E-state index in [1.165, 1.54) is 0 Å². The highest BCUT2D eigenvalue weighted by molar-refractivity contribution is 9.10. The molecule has 0 aliphatic heterocycles. The number of ether oxygens (including phenoxy) is 1. The van der Waals surface area contributed by atoms with Crippen molar-refractivity contribution in [3.63, 3.8) is 0 Å². The van der Waals surface area contributed by atoms with Gasteiger partial charge in [-0.2, -0.15) is 5.10 Å². The van der Waals surface area contributed by atoms with E-state index < -0.39 is 0 Å². The van der Waals surface area contributed by atoms with Crippen molar-refractivity contribution in [3.05, 3.63) is 64.3 Å². The van der Waals surface area contributed by atoms with Crippen LogP contribution in [0.1, 0.15) is 24.0 Å². The van der Waals surface area contributed by atoms with Crippen LogP contribution in [-0.4, -0.2) is 23.7 Å². The quantitative estimate of drug-likeness (QED) is 0.339. The number of aryl methyl sites for hydroxylation is 1. The van der Waals surface area contributed by atoms with Crippen LogP contribution in [-0.2, 0) is 4.79 Å². The number of para-hydroxylation sites is 1. The van der Waals surface area contributed by atoms with Gasteiger partial charge in [0.15, 0.2) is 0 Å². The molecule has 3 rings (SSSR count). The van der Waals surface area contributed by atoms with Gasteiger partial charge >= 0.3 is 0 Å². The molecule has 0 saturated carbocycles. The average molecular weight is 414 g/mol. The molecule has 2 aromatic carbocycles. The van der Waals surface area contributed by atoms with Crippen molar-refractivity contribution in [1.29, 1.82) is 0 Å². The maximum absolute atomic E-state index is 11.9. The Kier molecular flexibility index (Phi) is 6.07. The summed E-state index contributed by atoms with van der Waals surface area (Å²) in [6, 6.07) is 13.9. The first-order chi connectivity index (χ1) is 12.6. The van der Waals surface area contributed by atoms with Gasteiger partial charge in [0.05, 0.1) is 17.3 Å². The fourth-order valence-corrected chi connectivity index (χ4v) is 3.18. The Balaban J connectivity index is 1.41. The molecule has 0 spiro atoms. The molecule has 134 valence electrons. The van der Waals surface area contributed by atoms with E-state index in [-0.39, 0.29) is 5.91 Å². The summed E-state index contributed by atoms with van der Waals surface area (Å²) in [6.45, 7) is 2.50. The molecule has 26 heavy (non-hydrogen) atoms. The molecule has 0 unspecified atom stereocenters. The number of amides is 1. The number of benzene rings is 2. The largest absolute Gasteiger partial charge is 0.492 e. The van der Waals surface area contributed by atoms with Gasteiger partial charge in [0, 0.05) is 29.1 Å². The predicted molar refractivity (Wildman–Crippen MR) is 108 cm³/mol. The molecule has 0 saturated heterocycles. The number of fused-ring (bicyclic) bond motifs is 1. The van der Waals surface area contributed by atoms with Crippen LogP contribution in [0.4, 0.5) is 0 Å². The Morgan fingerprint density at radius 1 is 1.31 bits per heavy atom. The molecule has 1 heterocycles. The Bertz CT molecular complexity index is 934. The number of rotatable bonds is 7. The highest BCUT2D eigenvalue weighted by Gasteiger charge is 2.04. The van der Waals surface area contributed by atoms with E-state index in [9.17, 15) is 4.79 Å². The summed E-state index contributed by atoms with van der Waals surface area (Å²) >= 11 is 3.47. The number of H-pyrrole nitrogens is 1. The summed E-state index contributed by atoms with van der Waals surface area (Å²) in [5.74, 6) is 0.654. The van der Waals surface area contributed by atoms with Crippen LogP contribution in [0.5, 0.6) is 5.75 Å². The number of carbonyl (C=O) groups is 1. The van der Waals surface area contributed by atoms with Crippen molar-refractivity contribution in [1.82, 2.24) is 10.4 Å². The fourth-order valence-electron chi connectivity index (χ4n) is 2.57. The molecule has 1 aromatic heterocycles. The molecule has 5 nitrogen and oxygen atoms in total. The summed E-state index contributed by atoms with van der Waals surface area (Å²) in [4.78, 5) is 15.0. The third-order valence-electron chi connectivity index (χ3n) is 3.91.